The summed E-state index contributed by atoms with van der Waals surface area (Å²) < 4.78 is 13.3. The van der Waals surface area contributed by atoms with E-state index >= 15 is 0 Å². The van der Waals surface area contributed by atoms with Crippen molar-refractivity contribution >= 4 is 5.84 Å². The molecule has 0 spiro atoms. The van der Waals surface area contributed by atoms with Gasteiger partial charge in [0.15, 0.2) is 0 Å². The summed E-state index contributed by atoms with van der Waals surface area (Å²) in [6.07, 6.45) is 0. The fourth-order valence-corrected chi connectivity index (χ4v) is 2.65. The van der Waals surface area contributed by atoms with Crippen molar-refractivity contribution in [2.75, 3.05) is 20.6 Å². The standard InChI is InChI=1S/C15H22FN3/c1-10(2)14(9-18(3)4)19-8-11-5-6-12(16)7-13(11)15(19)17/h5-7,10,14,17H,8-9H2,1-4H3. The summed E-state index contributed by atoms with van der Waals surface area (Å²) in [6, 6.07) is 5.03. The minimum absolute atomic E-state index is 0.265. The van der Waals surface area contributed by atoms with Gasteiger partial charge in [0.2, 0.25) is 0 Å². The van der Waals surface area contributed by atoms with Gasteiger partial charge < -0.3 is 9.80 Å². The van der Waals surface area contributed by atoms with E-state index in [0.717, 1.165) is 17.7 Å². The Bertz CT molecular complexity index is 482. The van der Waals surface area contributed by atoms with Gasteiger partial charge in [-0.15, -0.1) is 0 Å². The molecule has 0 saturated carbocycles. The summed E-state index contributed by atoms with van der Waals surface area (Å²) in [6.45, 7) is 5.96. The second kappa shape index (κ2) is 5.29. The summed E-state index contributed by atoms with van der Waals surface area (Å²) in [5.74, 6) is 0.635. The molecule has 19 heavy (non-hydrogen) atoms. The van der Waals surface area contributed by atoms with Crippen molar-refractivity contribution < 1.29 is 4.39 Å². The van der Waals surface area contributed by atoms with E-state index in [2.05, 4.69) is 23.6 Å². The first-order valence-corrected chi connectivity index (χ1v) is 6.69. The van der Waals surface area contributed by atoms with Crippen LogP contribution in [0.3, 0.4) is 0 Å². The molecule has 1 heterocycles. The van der Waals surface area contributed by atoms with Crippen LogP contribution in [-0.4, -0.2) is 42.3 Å². The molecule has 1 aromatic carbocycles. The Hall–Kier alpha value is -1.42. The van der Waals surface area contributed by atoms with Gasteiger partial charge in [-0.1, -0.05) is 19.9 Å². The van der Waals surface area contributed by atoms with Gasteiger partial charge in [-0.25, -0.2) is 4.39 Å². The molecule has 1 unspecified atom stereocenters. The molecule has 1 aromatic rings. The molecule has 0 aliphatic carbocycles. The summed E-state index contributed by atoms with van der Waals surface area (Å²) in [7, 11) is 4.09. The highest BCUT2D eigenvalue weighted by molar-refractivity contribution is 6.00. The van der Waals surface area contributed by atoms with E-state index in [-0.39, 0.29) is 11.9 Å². The third kappa shape index (κ3) is 2.78. The third-order valence-corrected chi connectivity index (χ3v) is 3.68. The number of amidine groups is 1. The van der Waals surface area contributed by atoms with E-state index in [1.54, 1.807) is 6.07 Å². The van der Waals surface area contributed by atoms with E-state index in [9.17, 15) is 4.39 Å². The Labute approximate surface area is 114 Å². The molecule has 0 amide bonds. The molecule has 4 heteroatoms. The summed E-state index contributed by atoms with van der Waals surface area (Å²) in [4.78, 5) is 4.23. The van der Waals surface area contributed by atoms with Gasteiger partial charge >= 0.3 is 0 Å². The van der Waals surface area contributed by atoms with Crippen molar-refractivity contribution in [3.63, 3.8) is 0 Å². The van der Waals surface area contributed by atoms with E-state index in [0.29, 0.717) is 18.3 Å². The van der Waals surface area contributed by atoms with Crippen LogP contribution in [0, 0.1) is 17.1 Å². The van der Waals surface area contributed by atoms with Crippen LogP contribution >= 0.6 is 0 Å². The quantitative estimate of drug-likeness (QED) is 0.905. The smallest absolute Gasteiger partial charge is 0.129 e. The largest absolute Gasteiger partial charge is 0.348 e. The van der Waals surface area contributed by atoms with Gasteiger partial charge in [0, 0.05) is 24.7 Å². The van der Waals surface area contributed by atoms with Crippen molar-refractivity contribution in [2.24, 2.45) is 5.92 Å². The Balaban J connectivity index is 2.26. The molecule has 1 aliphatic rings. The lowest BCUT2D eigenvalue weighted by Gasteiger charge is -2.34. The maximum absolute atomic E-state index is 13.3. The lowest BCUT2D eigenvalue weighted by Crippen LogP contribution is -2.45. The van der Waals surface area contributed by atoms with Crippen LogP contribution in [0.1, 0.15) is 25.0 Å². The van der Waals surface area contributed by atoms with Crippen LogP contribution in [0.4, 0.5) is 4.39 Å². The zero-order chi connectivity index (χ0) is 14.2. The number of halogens is 1. The monoisotopic (exact) mass is 263 g/mol. The molecule has 1 N–H and O–H groups in total. The van der Waals surface area contributed by atoms with Gasteiger partial charge in [-0.2, -0.15) is 0 Å². The van der Waals surface area contributed by atoms with E-state index in [1.165, 1.54) is 12.1 Å². The molecule has 0 fully saturated rings. The SMILES string of the molecule is CC(C)C(CN(C)C)N1Cc2ccc(F)cc2C1=N. The Morgan fingerprint density at radius 2 is 2.05 bits per heavy atom. The van der Waals surface area contributed by atoms with Crippen LogP contribution in [0.25, 0.3) is 0 Å². The van der Waals surface area contributed by atoms with Crippen LogP contribution in [0.5, 0.6) is 0 Å². The number of benzene rings is 1. The normalized spacial score (nSPS) is 16.4. The van der Waals surface area contributed by atoms with Gasteiger partial charge in [-0.05, 0) is 37.7 Å². The Morgan fingerprint density at radius 1 is 1.37 bits per heavy atom. The zero-order valence-electron chi connectivity index (χ0n) is 12.1. The maximum Gasteiger partial charge on any atom is 0.129 e. The van der Waals surface area contributed by atoms with Crippen molar-refractivity contribution in [1.82, 2.24) is 9.80 Å². The van der Waals surface area contributed by atoms with Crippen LogP contribution < -0.4 is 0 Å². The number of nitrogens with one attached hydrogen (secondary N) is 1. The molecule has 2 rings (SSSR count). The van der Waals surface area contributed by atoms with Gasteiger partial charge in [0.05, 0.1) is 0 Å². The van der Waals surface area contributed by atoms with Crippen molar-refractivity contribution in [1.29, 1.82) is 5.41 Å². The molecule has 0 aromatic heterocycles. The predicted molar refractivity (Wildman–Crippen MR) is 76.0 cm³/mol. The van der Waals surface area contributed by atoms with Crippen LogP contribution in [0.15, 0.2) is 18.2 Å². The van der Waals surface area contributed by atoms with E-state index < -0.39 is 0 Å². The Kier molecular flexibility index (Phi) is 3.90. The maximum atomic E-state index is 13.3. The molecule has 104 valence electrons. The number of nitrogens with zero attached hydrogens (tertiary/aromatic N) is 2. The highest BCUT2D eigenvalue weighted by Gasteiger charge is 2.32. The molecule has 1 atom stereocenters. The van der Waals surface area contributed by atoms with Crippen molar-refractivity contribution in [3.8, 4) is 0 Å². The number of fused-ring (bicyclic) bond motifs is 1. The summed E-state index contributed by atoms with van der Waals surface area (Å²) in [5, 5.41) is 8.29. The van der Waals surface area contributed by atoms with E-state index in [1.807, 2.05) is 14.1 Å². The number of hydrogen-bond donors (Lipinski definition) is 1. The lowest BCUT2D eigenvalue weighted by atomic mass is 10.0. The first-order chi connectivity index (χ1) is 8.90. The third-order valence-electron chi connectivity index (χ3n) is 3.68. The second-order valence-corrected chi connectivity index (χ2v) is 5.85. The molecular weight excluding hydrogens is 241 g/mol. The van der Waals surface area contributed by atoms with Gasteiger partial charge in [-0.3, -0.25) is 5.41 Å². The van der Waals surface area contributed by atoms with Crippen LogP contribution in [0.2, 0.25) is 0 Å². The number of hydrogen-bond acceptors (Lipinski definition) is 2. The number of rotatable bonds is 4. The topological polar surface area (TPSA) is 30.3 Å². The molecule has 1 aliphatic heterocycles. The first kappa shape index (κ1) is 14.0. The Morgan fingerprint density at radius 3 is 2.63 bits per heavy atom. The predicted octanol–water partition coefficient (Wildman–Crippen LogP) is 2.55. The fraction of sp³-hybridized carbons (Fsp3) is 0.533. The van der Waals surface area contributed by atoms with E-state index in [4.69, 9.17) is 5.41 Å². The zero-order valence-corrected chi connectivity index (χ0v) is 12.1. The van der Waals surface area contributed by atoms with Gasteiger partial charge in [0.25, 0.3) is 0 Å². The highest BCUT2D eigenvalue weighted by atomic mass is 19.1. The molecule has 0 bridgehead atoms. The van der Waals surface area contributed by atoms with Crippen molar-refractivity contribution in [3.05, 3.63) is 35.1 Å². The lowest BCUT2D eigenvalue weighted by molar-refractivity contribution is 0.195. The fourth-order valence-electron chi connectivity index (χ4n) is 2.65. The highest BCUT2D eigenvalue weighted by Crippen LogP contribution is 2.27. The first-order valence-electron chi connectivity index (χ1n) is 6.69. The van der Waals surface area contributed by atoms with Crippen molar-refractivity contribution in [2.45, 2.75) is 26.4 Å². The average molecular weight is 263 g/mol. The summed E-state index contributed by atoms with van der Waals surface area (Å²) >= 11 is 0. The second-order valence-electron chi connectivity index (χ2n) is 5.85. The minimum atomic E-state index is -0.265. The van der Waals surface area contributed by atoms with Gasteiger partial charge in [0.1, 0.15) is 11.7 Å². The average Bonchev–Trinajstić information content (AvgIpc) is 2.63. The molecule has 3 nitrogen and oxygen atoms in total. The minimum Gasteiger partial charge on any atom is -0.348 e. The number of likely N-dealkylation sites (N-methyl/N-ethyl adjacent to an activating group) is 1. The van der Waals surface area contributed by atoms with Crippen LogP contribution in [-0.2, 0) is 6.54 Å². The molecule has 0 saturated heterocycles. The summed E-state index contributed by atoms with van der Waals surface area (Å²) in [5.41, 5.74) is 1.79. The molecular formula is C15H22FN3. The molecule has 0 radical (unpaired) electrons.